The van der Waals surface area contributed by atoms with Gasteiger partial charge in [-0.1, -0.05) is 29.8 Å². The summed E-state index contributed by atoms with van der Waals surface area (Å²) in [6, 6.07) is 9.43. The number of ketones is 1. The highest BCUT2D eigenvalue weighted by Gasteiger charge is 2.16. The molecule has 4 nitrogen and oxygen atoms in total. The first-order chi connectivity index (χ1) is 10.9. The van der Waals surface area contributed by atoms with Gasteiger partial charge in [0.25, 0.3) is 5.91 Å². The molecule has 120 valence electrons. The van der Waals surface area contributed by atoms with Crippen LogP contribution in [0.25, 0.3) is 0 Å². The average Bonchev–Trinajstić information content (AvgIpc) is 2.55. The largest absolute Gasteiger partial charge is 0.394 e. The van der Waals surface area contributed by atoms with Crippen molar-refractivity contribution in [2.45, 2.75) is 13.0 Å². The van der Waals surface area contributed by atoms with Crippen molar-refractivity contribution >= 4 is 23.3 Å². The second-order valence-corrected chi connectivity index (χ2v) is 5.42. The predicted molar refractivity (Wildman–Crippen MR) is 85.1 cm³/mol. The van der Waals surface area contributed by atoms with Gasteiger partial charge in [0.15, 0.2) is 5.78 Å². The van der Waals surface area contributed by atoms with E-state index in [-0.39, 0.29) is 10.8 Å². The molecule has 1 unspecified atom stereocenters. The Hall–Kier alpha value is -2.24. The lowest BCUT2D eigenvalue weighted by atomic mass is 10.1. The Morgan fingerprint density at radius 1 is 1.17 bits per heavy atom. The van der Waals surface area contributed by atoms with E-state index in [4.69, 9.17) is 11.6 Å². The van der Waals surface area contributed by atoms with Gasteiger partial charge in [0.05, 0.1) is 17.7 Å². The van der Waals surface area contributed by atoms with E-state index in [2.05, 4.69) is 5.32 Å². The summed E-state index contributed by atoms with van der Waals surface area (Å²) in [4.78, 5) is 23.4. The zero-order valence-corrected chi connectivity index (χ0v) is 13.1. The first kappa shape index (κ1) is 17.1. The molecule has 2 aromatic carbocycles. The minimum atomic E-state index is -0.762. The molecular weight excluding hydrogens is 321 g/mol. The van der Waals surface area contributed by atoms with Gasteiger partial charge in [0.2, 0.25) is 0 Å². The molecule has 0 radical (unpaired) electrons. The third-order valence-corrected chi connectivity index (χ3v) is 3.69. The fourth-order valence-corrected chi connectivity index (χ4v) is 2.18. The van der Waals surface area contributed by atoms with Crippen LogP contribution < -0.4 is 5.32 Å². The molecule has 1 atom stereocenters. The first-order valence-electron chi connectivity index (χ1n) is 6.90. The highest BCUT2D eigenvalue weighted by Crippen LogP contribution is 2.20. The Labute approximate surface area is 137 Å². The molecule has 0 saturated heterocycles. The van der Waals surface area contributed by atoms with Crippen molar-refractivity contribution in [3.8, 4) is 0 Å². The lowest BCUT2D eigenvalue weighted by molar-refractivity contribution is 0.0915. The second-order valence-electron chi connectivity index (χ2n) is 5.02. The van der Waals surface area contributed by atoms with E-state index in [1.165, 1.54) is 37.3 Å². The molecule has 2 N–H and O–H groups in total. The fraction of sp³-hybridized carbons (Fsp3) is 0.176. The normalized spacial score (nSPS) is 11.8. The standard InChI is InChI=1S/C17H15ClFNO3/c1-10(22)11-2-4-12(5-3-11)17(23)20-16(9-21)13-6-7-14(18)15(19)8-13/h2-8,16,21H,9H2,1H3,(H,20,23). The maximum absolute atomic E-state index is 13.5. The average molecular weight is 336 g/mol. The van der Waals surface area contributed by atoms with Crippen molar-refractivity contribution in [2.75, 3.05) is 6.61 Å². The van der Waals surface area contributed by atoms with Crippen LogP contribution in [0.5, 0.6) is 0 Å². The zero-order valence-electron chi connectivity index (χ0n) is 12.3. The van der Waals surface area contributed by atoms with Crippen molar-refractivity contribution in [3.63, 3.8) is 0 Å². The van der Waals surface area contributed by atoms with Gasteiger partial charge in [0, 0.05) is 11.1 Å². The molecule has 2 rings (SSSR count). The van der Waals surface area contributed by atoms with Crippen molar-refractivity contribution < 1.29 is 19.1 Å². The highest BCUT2D eigenvalue weighted by molar-refractivity contribution is 6.30. The Morgan fingerprint density at radius 3 is 2.30 bits per heavy atom. The molecule has 2 aromatic rings. The van der Waals surface area contributed by atoms with Gasteiger partial charge in [-0.3, -0.25) is 9.59 Å². The maximum Gasteiger partial charge on any atom is 0.251 e. The van der Waals surface area contributed by atoms with Crippen molar-refractivity contribution in [1.82, 2.24) is 5.32 Å². The Morgan fingerprint density at radius 2 is 1.78 bits per heavy atom. The van der Waals surface area contributed by atoms with E-state index < -0.39 is 24.4 Å². The molecule has 0 aromatic heterocycles. The summed E-state index contributed by atoms with van der Waals surface area (Å²) in [7, 11) is 0. The predicted octanol–water partition coefficient (Wildman–Crippen LogP) is 3.15. The van der Waals surface area contributed by atoms with Gasteiger partial charge in [-0.05, 0) is 36.8 Å². The van der Waals surface area contributed by atoms with Crippen molar-refractivity contribution in [2.24, 2.45) is 0 Å². The van der Waals surface area contributed by atoms with Crippen LogP contribution >= 0.6 is 11.6 Å². The van der Waals surface area contributed by atoms with Crippen LogP contribution in [0.15, 0.2) is 42.5 Å². The lowest BCUT2D eigenvalue weighted by Gasteiger charge is -2.17. The number of halogens is 2. The van der Waals surface area contributed by atoms with Gasteiger partial charge in [-0.2, -0.15) is 0 Å². The maximum atomic E-state index is 13.5. The van der Waals surface area contributed by atoms with Crippen molar-refractivity contribution in [1.29, 1.82) is 0 Å². The minimum absolute atomic E-state index is 0.0309. The van der Waals surface area contributed by atoms with Gasteiger partial charge in [-0.25, -0.2) is 4.39 Å². The lowest BCUT2D eigenvalue weighted by Crippen LogP contribution is -2.30. The number of benzene rings is 2. The summed E-state index contributed by atoms with van der Waals surface area (Å²) in [6.07, 6.45) is 0. The van der Waals surface area contributed by atoms with Crippen LogP contribution in [-0.2, 0) is 0 Å². The van der Waals surface area contributed by atoms with Crippen molar-refractivity contribution in [3.05, 3.63) is 70.0 Å². The number of aliphatic hydroxyl groups is 1. The van der Waals surface area contributed by atoms with Gasteiger partial charge < -0.3 is 10.4 Å². The summed E-state index contributed by atoms with van der Waals surface area (Å²) >= 11 is 5.62. The molecule has 23 heavy (non-hydrogen) atoms. The molecule has 0 saturated carbocycles. The third-order valence-electron chi connectivity index (χ3n) is 3.39. The summed E-state index contributed by atoms with van der Waals surface area (Å²) in [5.41, 5.74) is 1.24. The number of nitrogens with one attached hydrogen (secondary N) is 1. The molecule has 1 amide bonds. The van der Waals surface area contributed by atoms with E-state index >= 15 is 0 Å². The minimum Gasteiger partial charge on any atom is -0.394 e. The second kappa shape index (κ2) is 7.35. The molecule has 0 aliphatic heterocycles. The van der Waals surface area contributed by atoms with Gasteiger partial charge >= 0.3 is 0 Å². The van der Waals surface area contributed by atoms with E-state index in [1.807, 2.05) is 0 Å². The van der Waals surface area contributed by atoms with Crippen LogP contribution in [0.1, 0.15) is 39.2 Å². The number of carbonyl (C=O) groups excluding carboxylic acids is 2. The Bertz CT molecular complexity index is 731. The van der Waals surface area contributed by atoms with Crippen LogP contribution in [0.4, 0.5) is 4.39 Å². The van der Waals surface area contributed by atoms with Crippen LogP contribution in [-0.4, -0.2) is 23.4 Å². The number of hydrogen-bond donors (Lipinski definition) is 2. The first-order valence-corrected chi connectivity index (χ1v) is 7.28. The smallest absolute Gasteiger partial charge is 0.251 e. The van der Waals surface area contributed by atoms with E-state index in [1.54, 1.807) is 12.1 Å². The van der Waals surface area contributed by atoms with E-state index in [0.29, 0.717) is 16.7 Å². The van der Waals surface area contributed by atoms with Gasteiger partial charge in [0.1, 0.15) is 5.82 Å². The summed E-state index contributed by atoms with van der Waals surface area (Å²) in [5.74, 6) is -1.15. The number of rotatable bonds is 5. The molecule has 0 aliphatic carbocycles. The van der Waals surface area contributed by atoms with E-state index in [9.17, 15) is 19.1 Å². The third kappa shape index (κ3) is 4.15. The molecular formula is C17H15ClFNO3. The van der Waals surface area contributed by atoms with Gasteiger partial charge in [-0.15, -0.1) is 0 Å². The summed E-state index contributed by atoms with van der Waals surface area (Å²) in [6.45, 7) is 1.05. The molecule has 0 aliphatic rings. The quantitative estimate of drug-likeness (QED) is 0.825. The molecule has 0 spiro atoms. The number of carbonyl (C=O) groups is 2. The molecule has 6 heteroatoms. The van der Waals surface area contributed by atoms with Crippen LogP contribution in [0.2, 0.25) is 5.02 Å². The monoisotopic (exact) mass is 335 g/mol. The summed E-state index contributed by atoms with van der Waals surface area (Å²) < 4.78 is 13.5. The number of hydrogen-bond acceptors (Lipinski definition) is 3. The zero-order chi connectivity index (χ0) is 17.0. The van der Waals surface area contributed by atoms with Crippen LogP contribution in [0.3, 0.4) is 0 Å². The number of amides is 1. The number of Topliss-reactive ketones (excluding diaryl/α,β-unsaturated/α-hetero) is 1. The highest BCUT2D eigenvalue weighted by atomic mass is 35.5. The molecule has 0 bridgehead atoms. The van der Waals surface area contributed by atoms with Crippen LogP contribution in [0, 0.1) is 5.82 Å². The topological polar surface area (TPSA) is 66.4 Å². The fourth-order valence-electron chi connectivity index (χ4n) is 2.06. The SMILES string of the molecule is CC(=O)c1ccc(C(=O)NC(CO)c2ccc(Cl)c(F)c2)cc1. The van der Waals surface area contributed by atoms with E-state index in [0.717, 1.165) is 0 Å². The number of aliphatic hydroxyl groups excluding tert-OH is 1. The Kier molecular flexibility index (Phi) is 5.47. The Balaban J connectivity index is 2.15. The molecule has 0 fully saturated rings. The summed E-state index contributed by atoms with van der Waals surface area (Å²) in [5, 5.41) is 12.0. The molecule has 0 heterocycles.